The Morgan fingerprint density at radius 1 is 0.931 bits per heavy atom. The smallest absolute Gasteiger partial charge is 0.261 e. The SMILES string of the molecule is O=C(NCCN(Cc1ccccn1)Cc1cccc2cccnc12)c1cccs1. The van der Waals surface area contributed by atoms with Gasteiger partial charge in [0, 0.05) is 44.0 Å². The van der Waals surface area contributed by atoms with Gasteiger partial charge >= 0.3 is 0 Å². The van der Waals surface area contributed by atoms with Gasteiger partial charge in [0.15, 0.2) is 0 Å². The number of para-hydroxylation sites is 1. The zero-order chi connectivity index (χ0) is 19.9. The minimum absolute atomic E-state index is 0.0235. The molecular formula is C23H22N4OS. The summed E-state index contributed by atoms with van der Waals surface area (Å²) in [5.41, 5.74) is 3.19. The van der Waals surface area contributed by atoms with E-state index in [1.165, 1.54) is 16.9 Å². The molecule has 0 saturated heterocycles. The summed E-state index contributed by atoms with van der Waals surface area (Å²) in [6, 6.07) is 20.0. The quantitative estimate of drug-likeness (QED) is 0.482. The summed E-state index contributed by atoms with van der Waals surface area (Å²) in [7, 11) is 0. The van der Waals surface area contributed by atoms with Crippen LogP contribution in [-0.4, -0.2) is 33.9 Å². The predicted octanol–water partition coefficient (Wildman–Crippen LogP) is 4.12. The normalized spacial score (nSPS) is 11.1. The van der Waals surface area contributed by atoms with Crippen molar-refractivity contribution in [2.45, 2.75) is 13.1 Å². The van der Waals surface area contributed by atoms with Gasteiger partial charge in [-0.2, -0.15) is 0 Å². The number of thiophene rings is 1. The average Bonchev–Trinajstić information content (AvgIpc) is 3.30. The summed E-state index contributed by atoms with van der Waals surface area (Å²) in [5, 5.41) is 6.06. The Morgan fingerprint density at radius 3 is 2.66 bits per heavy atom. The van der Waals surface area contributed by atoms with E-state index < -0.39 is 0 Å². The number of hydrogen-bond acceptors (Lipinski definition) is 5. The van der Waals surface area contributed by atoms with Crippen LogP contribution in [-0.2, 0) is 13.1 Å². The van der Waals surface area contributed by atoms with Crippen LogP contribution in [0.4, 0.5) is 0 Å². The molecule has 5 nitrogen and oxygen atoms in total. The van der Waals surface area contributed by atoms with E-state index in [1.54, 1.807) is 0 Å². The largest absolute Gasteiger partial charge is 0.350 e. The molecule has 0 aliphatic heterocycles. The van der Waals surface area contributed by atoms with Crippen LogP contribution < -0.4 is 5.32 Å². The summed E-state index contributed by atoms with van der Waals surface area (Å²) in [6.45, 7) is 2.73. The maximum Gasteiger partial charge on any atom is 0.261 e. The molecule has 0 unspecified atom stereocenters. The van der Waals surface area contributed by atoms with E-state index in [0.717, 1.165) is 34.6 Å². The molecule has 3 heterocycles. The molecule has 3 aromatic heterocycles. The van der Waals surface area contributed by atoms with Crippen LogP contribution in [0, 0.1) is 0 Å². The van der Waals surface area contributed by atoms with Gasteiger partial charge in [-0.3, -0.25) is 19.7 Å². The lowest BCUT2D eigenvalue weighted by Crippen LogP contribution is -2.34. The first-order chi connectivity index (χ1) is 14.3. The molecule has 4 aromatic rings. The highest BCUT2D eigenvalue weighted by Gasteiger charge is 2.12. The number of carbonyl (C=O) groups excluding carboxylic acids is 1. The highest BCUT2D eigenvalue weighted by Crippen LogP contribution is 2.18. The monoisotopic (exact) mass is 402 g/mol. The van der Waals surface area contributed by atoms with Crippen LogP contribution in [0.1, 0.15) is 20.9 Å². The fourth-order valence-electron chi connectivity index (χ4n) is 3.29. The van der Waals surface area contributed by atoms with Crippen LogP contribution >= 0.6 is 11.3 Å². The lowest BCUT2D eigenvalue weighted by Gasteiger charge is -2.23. The molecule has 0 aliphatic carbocycles. The fourth-order valence-corrected chi connectivity index (χ4v) is 3.93. The van der Waals surface area contributed by atoms with E-state index in [4.69, 9.17) is 0 Å². The number of nitrogens with zero attached hydrogens (tertiary/aromatic N) is 3. The molecule has 0 fully saturated rings. The molecule has 1 amide bonds. The third-order valence-electron chi connectivity index (χ3n) is 4.68. The van der Waals surface area contributed by atoms with Crippen LogP contribution in [0.5, 0.6) is 0 Å². The van der Waals surface area contributed by atoms with Gasteiger partial charge in [0.2, 0.25) is 0 Å². The molecule has 146 valence electrons. The van der Waals surface area contributed by atoms with E-state index in [1.807, 2.05) is 54.2 Å². The first-order valence-corrected chi connectivity index (χ1v) is 10.4. The van der Waals surface area contributed by atoms with Gasteiger partial charge in [0.05, 0.1) is 16.1 Å². The molecule has 0 radical (unpaired) electrons. The van der Waals surface area contributed by atoms with Gasteiger partial charge in [-0.25, -0.2) is 0 Å². The van der Waals surface area contributed by atoms with Gasteiger partial charge < -0.3 is 5.32 Å². The lowest BCUT2D eigenvalue weighted by atomic mass is 10.1. The van der Waals surface area contributed by atoms with Crippen LogP contribution in [0.25, 0.3) is 10.9 Å². The van der Waals surface area contributed by atoms with Crippen LogP contribution in [0.3, 0.4) is 0 Å². The Labute approximate surface area is 174 Å². The molecular weight excluding hydrogens is 380 g/mol. The van der Waals surface area contributed by atoms with Crippen molar-refractivity contribution in [3.8, 4) is 0 Å². The molecule has 1 aromatic carbocycles. The van der Waals surface area contributed by atoms with Gasteiger partial charge in [-0.15, -0.1) is 11.3 Å². The zero-order valence-corrected chi connectivity index (χ0v) is 16.8. The zero-order valence-electron chi connectivity index (χ0n) is 16.0. The van der Waals surface area contributed by atoms with E-state index in [2.05, 4.69) is 44.5 Å². The van der Waals surface area contributed by atoms with Gasteiger partial charge in [0.1, 0.15) is 0 Å². The Hall–Kier alpha value is -3.09. The third-order valence-corrected chi connectivity index (χ3v) is 5.55. The number of aromatic nitrogens is 2. The summed E-state index contributed by atoms with van der Waals surface area (Å²) < 4.78 is 0. The molecule has 0 bridgehead atoms. The number of nitrogens with one attached hydrogen (secondary N) is 1. The highest BCUT2D eigenvalue weighted by atomic mass is 32.1. The molecule has 6 heteroatoms. The van der Waals surface area contributed by atoms with Crippen molar-refractivity contribution in [2.75, 3.05) is 13.1 Å². The summed E-state index contributed by atoms with van der Waals surface area (Å²) in [4.78, 5) is 24.3. The summed E-state index contributed by atoms with van der Waals surface area (Å²) >= 11 is 1.45. The van der Waals surface area contributed by atoms with Crippen molar-refractivity contribution in [1.29, 1.82) is 0 Å². The van der Waals surface area contributed by atoms with E-state index in [0.29, 0.717) is 13.1 Å². The Morgan fingerprint density at radius 2 is 1.83 bits per heavy atom. The number of fused-ring (bicyclic) bond motifs is 1. The van der Waals surface area contributed by atoms with E-state index in [-0.39, 0.29) is 5.91 Å². The maximum absolute atomic E-state index is 12.2. The van der Waals surface area contributed by atoms with Crippen molar-refractivity contribution in [3.63, 3.8) is 0 Å². The second kappa shape index (κ2) is 9.41. The minimum Gasteiger partial charge on any atom is -0.350 e. The van der Waals surface area contributed by atoms with Gasteiger partial charge in [-0.1, -0.05) is 36.4 Å². The second-order valence-electron chi connectivity index (χ2n) is 6.76. The number of pyridine rings is 2. The van der Waals surface area contributed by atoms with Crippen LogP contribution in [0.2, 0.25) is 0 Å². The molecule has 4 rings (SSSR count). The number of amides is 1. The highest BCUT2D eigenvalue weighted by molar-refractivity contribution is 7.12. The maximum atomic E-state index is 12.2. The standard InChI is InChI=1S/C23H22N4OS/c28-23(21-10-5-15-29-21)26-13-14-27(17-20-9-1-2-11-24-20)16-19-7-3-6-18-8-4-12-25-22(18)19/h1-12,15H,13-14,16-17H2,(H,26,28). The van der Waals surface area contributed by atoms with Gasteiger partial charge in [0.25, 0.3) is 5.91 Å². The summed E-state index contributed by atoms with van der Waals surface area (Å²) in [6.07, 6.45) is 3.64. The molecule has 0 saturated carbocycles. The Bertz CT molecular complexity index is 1060. The first-order valence-electron chi connectivity index (χ1n) is 9.56. The topological polar surface area (TPSA) is 58.1 Å². The average molecular weight is 403 g/mol. The minimum atomic E-state index is -0.0235. The molecule has 0 atom stereocenters. The second-order valence-corrected chi connectivity index (χ2v) is 7.70. The number of hydrogen-bond donors (Lipinski definition) is 1. The molecule has 0 aliphatic rings. The van der Waals surface area contributed by atoms with Crippen molar-refractivity contribution in [2.24, 2.45) is 0 Å². The van der Waals surface area contributed by atoms with Crippen molar-refractivity contribution >= 4 is 28.1 Å². The Balaban J connectivity index is 1.48. The van der Waals surface area contributed by atoms with Crippen molar-refractivity contribution < 1.29 is 4.79 Å². The predicted molar refractivity (Wildman–Crippen MR) is 117 cm³/mol. The van der Waals surface area contributed by atoms with Crippen LogP contribution in [0.15, 0.2) is 78.4 Å². The third kappa shape index (κ3) is 5.04. The van der Waals surface area contributed by atoms with Crippen molar-refractivity contribution in [1.82, 2.24) is 20.2 Å². The molecule has 29 heavy (non-hydrogen) atoms. The fraction of sp³-hybridized carbons (Fsp3) is 0.174. The molecule has 1 N–H and O–H groups in total. The summed E-state index contributed by atoms with van der Waals surface area (Å²) in [5.74, 6) is -0.0235. The number of benzene rings is 1. The number of rotatable bonds is 8. The van der Waals surface area contributed by atoms with Gasteiger partial charge in [-0.05, 0) is 35.2 Å². The number of carbonyl (C=O) groups is 1. The van der Waals surface area contributed by atoms with E-state index in [9.17, 15) is 4.79 Å². The first kappa shape index (κ1) is 19.2. The van der Waals surface area contributed by atoms with Crippen molar-refractivity contribution in [3.05, 3.63) is 94.6 Å². The lowest BCUT2D eigenvalue weighted by molar-refractivity contribution is 0.0951. The van der Waals surface area contributed by atoms with E-state index >= 15 is 0 Å². The Kier molecular flexibility index (Phi) is 6.24. The molecule has 0 spiro atoms.